The monoisotopic (exact) mass is 506 g/mol. The van der Waals surface area contributed by atoms with E-state index >= 15 is 0 Å². The van der Waals surface area contributed by atoms with Crippen LogP contribution in [0.1, 0.15) is 12.5 Å². The number of nitro groups is 1. The van der Waals surface area contributed by atoms with Gasteiger partial charge in [0.25, 0.3) is 5.69 Å². The first-order chi connectivity index (χ1) is 14.6. The van der Waals surface area contributed by atoms with Crippen molar-refractivity contribution >= 4 is 61.9 Å². The van der Waals surface area contributed by atoms with Crippen molar-refractivity contribution in [1.82, 2.24) is 4.31 Å². The number of hydrazone groups is 1. The third-order valence-electron chi connectivity index (χ3n) is 4.54. The SMILES string of the molecule is C/C(=N/Nc1ccc(S(=O)(=O)N2CCOCC2)cc1[N+](=O)[O-])c1ccc(Cl)c(Cl)c1Cl. The molecule has 0 aromatic heterocycles. The largest absolute Gasteiger partial charge is 0.379 e. The molecule has 0 radical (unpaired) electrons. The molecular formula is C18H17Cl3N4O5S. The highest BCUT2D eigenvalue weighted by Crippen LogP contribution is 2.33. The van der Waals surface area contributed by atoms with Gasteiger partial charge in [-0.3, -0.25) is 15.5 Å². The average Bonchev–Trinajstić information content (AvgIpc) is 2.76. The van der Waals surface area contributed by atoms with E-state index in [1.165, 1.54) is 16.4 Å². The molecule has 1 saturated heterocycles. The van der Waals surface area contributed by atoms with E-state index in [1.807, 2.05) is 0 Å². The highest BCUT2D eigenvalue weighted by atomic mass is 35.5. The van der Waals surface area contributed by atoms with E-state index in [0.717, 1.165) is 6.07 Å². The van der Waals surface area contributed by atoms with Crippen molar-refractivity contribution in [1.29, 1.82) is 0 Å². The lowest BCUT2D eigenvalue weighted by Gasteiger charge is -2.26. The molecule has 166 valence electrons. The second kappa shape index (κ2) is 9.68. The predicted molar refractivity (Wildman–Crippen MR) is 120 cm³/mol. The van der Waals surface area contributed by atoms with Crippen molar-refractivity contribution in [3.05, 3.63) is 61.1 Å². The van der Waals surface area contributed by atoms with E-state index in [1.54, 1.807) is 19.1 Å². The number of anilines is 1. The molecular weight excluding hydrogens is 491 g/mol. The molecule has 0 spiro atoms. The summed E-state index contributed by atoms with van der Waals surface area (Å²) < 4.78 is 32.0. The molecule has 0 amide bonds. The first kappa shape index (κ1) is 23.7. The minimum atomic E-state index is -3.88. The van der Waals surface area contributed by atoms with Crippen molar-refractivity contribution < 1.29 is 18.1 Å². The van der Waals surface area contributed by atoms with Gasteiger partial charge in [-0.2, -0.15) is 9.41 Å². The maximum absolute atomic E-state index is 12.8. The Morgan fingerprint density at radius 1 is 1.16 bits per heavy atom. The topological polar surface area (TPSA) is 114 Å². The zero-order valence-corrected chi connectivity index (χ0v) is 19.2. The molecule has 2 aromatic carbocycles. The molecule has 1 N–H and O–H groups in total. The molecule has 0 atom stereocenters. The Bertz CT molecular complexity index is 1150. The fraction of sp³-hybridized carbons (Fsp3) is 0.278. The third kappa shape index (κ3) is 5.11. The maximum Gasteiger partial charge on any atom is 0.295 e. The Morgan fingerprint density at radius 3 is 2.48 bits per heavy atom. The van der Waals surface area contributed by atoms with Crippen LogP contribution in [-0.4, -0.2) is 49.7 Å². The van der Waals surface area contributed by atoms with Gasteiger partial charge in [-0.05, 0) is 25.1 Å². The molecule has 3 rings (SSSR count). The fourth-order valence-corrected chi connectivity index (χ4v) is 4.96. The lowest BCUT2D eigenvalue weighted by Crippen LogP contribution is -2.40. The van der Waals surface area contributed by atoms with Gasteiger partial charge in [0.2, 0.25) is 10.0 Å². The molecule has 31 heavy (non-hydrogen) atoms. The number of nitro benzene ring substituents is 1. The summed E-state index contributed by atoms with van der Waals surface area (Å²) in [7, 11) is -3.88. The normalized spacial score (nSPS) is 15.7. The quantitative estimate of drug-likeness (QED) is 0.268. The van der Waals surface area contributed by atoms with Crippen LogP contribution in [0.2, 0.25) is 15.1 Å². The van der Waals surface area contributed by atoms with E-state index in [9.17, 15) is 18.5 Å². The van der Waals surface area contributed by atoms with Crippen molar-refractivity contribution in [3.63, 3.8) is 0 Å². The molecule has 0 saturated carbocycles. The van der Waals surface area contributed by atoms with Crippen LogP contribution in [0.25, 0.3) is 0 Å². The summed E-state index contributed by atoms with van der Waals surface area (Å²) in [5.74, 6) is 0. The summed E-state index contributed by atoms with van der Waals surface area (Å²) >= 11 is 18.1. The van der Waals surface area contributed by atoms with E-state index in [2.05, 4.69) is 10.5 Å². The Balaban J connectivity index is 1.91. The summed E-state index contributed by atoms with van der Waals surface area (Å²) in [4.78, 5) is 10.7. The molecule has 1 fully saturated rings. The van der Waals surface area contributed by atoms with Crippen LogP contribution in [0.3, 0.4) is 0 Å². The van der Waals surface area contributed by atoms with Crippen molar-refractivity contribution in [3.8, 4) is 0 Å². The number of halogens is 3. The standard InChI is InChI=1S/C18H17Cl3N4O5S/c1-11(13-3-4-14(19)18(21)17(13)20)22-23-15-5-2-12(10-16(15)25(26)27)31(28,29)24-6-8-30-9-7-24/h2-5,10,23H,6-9H2,1H3/b22-11-. The Morgan fingerprint density at radius 2 is 1.84 bits per heavy atom. The van der Waals surface area contributed by atoms with Gasteiger partial charge in [-0.1, -0.05) is 40.9 Å². The molecule has 0 unspecified atom stereocenters. The Labute approximate surface area is 193 Å². The second-order valence-corrected chi connectivity index (χ2v) is 9.59. The van der Waals surface area contributed by atoms with Gasteiger partial charge in [-0.25, -0.2) is 8.42 Å². The first-order valence-corrected chi connectivity index (χ1v) is 11.5. The summed E-state index contributed by atoms with van der Waals surface area (Å²) in [6.45, 7) is 2.54. The second-order valence-electron chi connectivity index (χ2n) is 6.48. The number of hydrogen-bond donors (Lipinski definition) is 1. The van der Waals surface area contributed by atoms with Gasteiger partial charge >= 0.3 is 0 Å². The lowest BCUT2D eigenvalue weighted by molar-refractivity contribution is -0.384. The van der Waals surface area contributed by atoms with Crippen molar-refractivity contribution in [2.75, 3.05) is 31.7 Å². The minimum Gasteiger partial charge on any atom is -0.379 e. The highest BCUT2D eigenvalue weighted by Gasteiger charge is 2.29. The molecule has 1 aliphatic rings. The van der Waals surface area contributed by atoms with Crippen LogP contribution < -0.4 is 5.43 Å². The molecule has 0 aliphatic carbocycles. The molecule has 2 aromatic rings. The van der Waals surface area contributed by atoms with Gasteiger partial charge in [0.05, 0.1) is 43.8 Å². The number of nitrogens with zero attached hydrogens (tertiary/aromatic N) is 3. The molecule has 0 bridgehead atoms. The number of nitrogens with one attached hydrogen (secondary N) is 1. The first-order valence-electron chi connectivity index (χ1n) is 8.93. The fourth-order valence-electron chi connectivity index (χ4n) is 2.86. The lowest BCUT2D eigenvalue weighted by atomic mass is 10.1. The number of ether oxygens (including phenoxy) is 1. The van der Waals surface area contributed by atoms with E-state index in [4.69, 9.17) is 39.5 Å². The van der Waals surface area contributed by atoms with Crippen LogP contribution in [0.15, 0.2) is 40.3 Å². The predicted octanol–water partition coefficient (Wildman–Crippen LogP) is 4.41. The van der Waals surface area contributed by atoms with E-state index < -0.39 is 20.6 Å². The summed E-state index contributed by atoms with van der Waals surface area (Å²) in [6, 6.07) is 6.75. The summed E-state index contributed by atoms with van der Waals surface area (Å²) in [5, 5.41) is 16.3. The number of morpholine rings is 1. The number of rotatable bonds is 6. The van der Waals surface area contributed by atoms with Gasteiger partial charge in [0.1, 0.15) is 5.69 Å². The zero-order valence-electron chi connectivity index (χ0n) is 16.1. The van der Waals surface area contributed by atoms with Gasteiger partial charge < -0.3 is 4.74 Å². The van der Waals surface area contributed by atoms with Gasteiger partial charge in [0, 0.05) is 24.7 Å². The van der Waals surface area contributed by atoms with Crippen molar-refractivity contribution in [2.24, 2.45) is 5.10 Å². The maximum atomic E-state index is 12.8. The van der Waals surface area contributed by atoms with Crippen LogP contribution in [0.4, 0.5) is 11.4 Å². The number of sulfonamides is 1. The van der Waals surface area contributed by atoms with Crippen molar-refractivity contribution in [2.45, 2.75) is 11.8 Å². The Hall–Kier alpha value is -1.95. The van der Waals surface area contributed by atoms with E-state index in [-0.39, 0.29) is 52.0 Å². The number of benzene rings is 2. The summed E-state index contributed by atoms with van der Waals surface area (Å²) in [5.41, 5.74) is 3.05. The van der Waals surface area contributed by atoms with Crippen LogP contribution in [0.5, 0.6) is 0 Å². The molecule has 1 aliphatic heterocycles. The molecule has 9 nitrogen and oxygen atoms in total. The highest BCUT2D eigenvalue weighted by molar-refractivity contribution is 7.89. The van der Waals surface area contributed by atoms with Crippen LogP contribution in [0, 0.1) is 10.1 Å². The van der Waals surface area contributed by atoms with E-state index in [0.29, 0.717) is 11.3 Å². The van der Waals surface area contributed by atoms with Crippen LogP contribution >= 0.6 is 34.8 Å². The Kier molecular flexibility index (Phi) is 7.40. The smallest absolute Gasteiger partial charge is 0.295 e. The molecule has 13 heteroatoms. The minimum absolute atomic E-state index is 0.0152. The van der Waals surface area contributed by atoms with Gasteiger partial charge in [0.15, 0.2) is 0 Å². The summed E-state index contributed by atoms with van der Waals surface area (Å²) in [6.07, 6.45) is 0. The van der Waals surface area contributed by atoms with Gasteiger partial charge in [-0.15, -0.1) is 0 Å². The third-order valence-corrected chi connectivity index (χ3v) is 7.73. The zero-order chi connectivity index (χ0) is 22.8. The van der Waals surface area contributed by atoms with Crippen LogP contribution in [-0.2, 0) is 14.8 Å². The average molecular weight is 508 g/mol. The number of hydrogen-bond acceptors (Lipinski definition) is 7. The molecule has 1 heterocycles.